The van der Waals surface area contributed by atoms with Crippen molar-refractivity contribution in [1.82, 2.24) is 10.3 Å². The maximum absolute atomic E-state index is 13.6. The van der Waals surface area contributed by atoms with Crippen LogP contribution in [-0.2, 0) is 11.3 Å². The van der Waals surface area contributed by atoms with Gasteiger partial charge in [0, 0.05) is 30.6 Å². The molecule has 0 saturated heterocycles. The lowest BCUT2D eigenvalue weighted by atomic mass is 10.0. The predicted molar refractivity (Wildman–Crippen MR) is 112 cm³/mol. The highest BCUT2D eigenvalue weighted by Gasteiger charge is 2.36. The smallest absolute Gasteiger partial charge is 0.269 e. The van der Waals surface area contributed by atoms with Gasteiger partial charge < -0.3 is 15.0 Å². The fourth-order valence-corrected chi connectivity index (χ4v) is 3.68. The number of nitro benzene ring substituents is 1. The fraction of sp³-hybridized carbons (Fsp3) is 0.182. The van der Waals surface area contributed by atoms with Gasteiger partial charge in [0.05, 0.1) is 17.1 Å². The number of nitrogens with one attached hydrogen (secondary N) is 1. The molecular formula is C22H19FN4O4. The second-order valence-electron chi connectivity index (χ2n) is 7.13. The van der Waals surface area contributed by atoms with Crippen molar-refractivity contribution in [2.75, 3.05) is 12.0 Å². The average molecular weight is 422 g/mol. The Hall–Kier alpha value is -3.85. The first kappa shape index (κ1) is 20.4. The minimum Gasteiger partial charge on any atom is -0.380 e. The summed E-state index contributed by atoms with van der Waals surface area (Å²) in [5, 5.41) is 14.0. The molecule has 4 rings (SSSR count). The van der Waals surface area contributed by atoms with E-state index in [1.54, 1.807) is 42.3 Å². The molecule has 1 aliphatic rings. The van der Waals surface area contributed by atoms with Crippen molar-refractivity contribution in [2.45, 2.75) is 19.7 Å². The Morgan fingerprint density at radius 3 is 2.48 bits per heavy atom. The third-order valence-corrected chi connectivity index (χ3v) is 5.02. The van der Waals surface area contributed by atoms with Crippen molar-refractivity contribution in [3.05, 3.63) is 92.9 Å². The number of amides is 1. The summed E-state index contributed by atoms with van der Waals surface area (Å²) >= 11 is 0. The monoisotopic (exact) mass is 422 g/mol. The molecule has 0 spiro atoms. The number of aryl methyl sites for hydroxylation is 1. The van der Waals surface area contributed by atoms with E-state index in [9.17, 15) is 19.3 Å². The predicted octanol–water partition coefficient (Wildman–Crippen LogP) is 4.16. The summed E-state index contributed by atoms with van der Waals surface area (Å²) in [6.07, 6.45) is -0.698. The molecule has 1 N–H and O–H groups in total. The molecule has 1 atom stereocenters. The van der Waals surface area contributed by atoms with Gasteiger partial charge in [-0.3, -0.25) is 14.9 Å². The lowest BCUT2D eigenvalue weighted by Gasteiger charge is -2.39. The summed E-state index contributed by atoms with van der Waals surface area (Å²) < 4.78 is 18.9. The standard InChI is InChI=1S/C22H19FN4O4/c1-13-11-15(12-31-2)19-21(24-13)26(17-9-5-16(23)6-10-17)20(25-22(19)28)14-3-7-18(8-4-14)27(29)30/h3-11,20H,12H2,1-2H3,(H,25,28)/t20-/m0/s1. The van der Waals surface area contributed by atoms with Gasteiger partial charge in [0.15, 0.2) is 0 Å². The van der Waals surface area contributed by atoms with E-state index in [0.717, 1.165) is 0 Å². The number of benzene rings is 2. The molecular weight excluding hydrogens is 403 g/mol. The van der Waals surface area contributed by atoms with E-state index < -0.39 is 16.9 Å². The van der Waals surface area contributed by atoms with Crippen LogP contribution in [0.15, 0.2) is 54.6 Å². The van der Waals surface area contributed by atoms with Crippen molar-refractivity contribution in [3.63, 3.8) is 0 Å². The Kier molecular flexibility index (Phi) is 5.35. The highest BCUT2D eigenvalue weighted by molar-refractivity contribution is 6.03. The van der Waals surface area contributed by atoms with Gasteiger partial charge in [0.25, 0.3) is 11.6 Å². The van der Waals surface area contributed by atoms with Crippen LogP contribution in [-0.4, -0.2) is 22.9 Å². The number of anilines is 2. The van der Waals surface area contributed by atoms with Crippen LogP contribution in [0.3, 0.4) is 0 Å². The van der Waals surface area contributed by atoms with Crippen LogP contribution >= 0.6 is 0 Å². The molecule has 0 radical (unpaired) electrons. The molecule has 0 aliphatic carbocycles. The zero-order valence-corrected chi connectivity index (χ0v) is 16.8. The number of carbonyl (C=O) groups excluding carboxylic acids is 1. The Bertz CT molecular complexity index is 1150. The number of carbonyl (C=O) groups is 1. The van der Waals surface area contributed by atoms with Crippen molar-refractivity contribution >= 4 is 23.1 Å². The van der Waals surface area contributed by atoms with Crippen LogP contribution in [0.1, 0.15) is 33.3 Å². The van der Waals surface area contributed by atoms with E-state index in [4.69, 9.17) is 4.74 Å². The van der Waals surface area contributed by atoms with E-state index in [2.05, 4.69) is 10.3 Å². The largest absolute Gasteiger partial charge is 0.380 e. The third kappa shape index (κ3) is 3.82. The molecule has 1 amide bonds. The summed E-state index contributed by atoms with van der Waals surface area (Å²) in [6, 6.07) is 13.5. The molecule has 8 nitrogen and oxygen atoms in total. The van der Waals surface area contributed by atoms with Gasteiger partial charge in [-0.15, -0.1) is 0 Å². The second kappa shape index (κ2) is 8.11. The van der Waals surface area contributed by atoms with Crippen molar-refractivity contribution in [3.8, 4) is 0 Å². The molecule has 2 aromatic carbocycles. The molecule has 1 aromatic heterocycles. The van der Waals surface area contributed by atoms with Crippen LogP contribution in [0.4, 0.5) is 21.6 Å². The van der Waals surface area contributed by atoms with Gasteiger partial charge in [-0.05, 0) is 60.5 Å². The zero-order valence-electron chi connectivity index (χ0n) is 16.8. The number of rotatable bonds is 5. The minimum absolute atomic E-state index is 0.0593. The van der Waals surface area contributed by atoms with Crippen LogP contribution < -0.4 is 10.2 Å². The Morgan fingerprint density at radius 1 is 1.19 bits per heavy atom. The number of aromatic nitrogens is 1. The van der Waals surface area contributed by atoms with Crippen molar-refractivity contribution < 1.29 is 18.8 Å². The molecule has 31 heavy (non-hydrogen) atoms. The highest BCUT2D eigenvalue weighted by atomic mass is 19.1. The second-order valence-corrected chi connectivity index (χ2v) is 7.13. The first-order chi connectivity index (χ1) is 14.9. The number of hydrogen-bond donors (Lipinski definition) is 1. The molecule has 158 valence electrons. The van der Waals surface area contributed by atoms with Crippen LogP contribution in [0.25, 0.3) is 0 Å². The number of fused-ring (bicyclic) bond motifs is 1. The highest BCUT2D eigenvalue weighted by Crippen LogP contribution is 2.40. The quantitative estimate of drug-likeness (QED) is 0.490. The van der Waals surface area contributed by atoms with E-state index >= 15 is 0 Å². The molecule has 0 fully saturated rings. The molecule has 0 unspecified atom stereocenters. The SMILES string of the molecule is COCc1cc(C)nc2c1C(=O)N[C@H](c1ccc([N+](=O)[O-])cc1)N2c1ccc(F)cc1. The van der Waals surface area contributed by atoms with E-state index in [1.165, 1.54) is 24.3 Å². The lowest BCUT2D eigenvalue weighted by molar-refractivity contribution is -0.384. The Morgan fingerprint density at radius 2 is 1.87 bits per heavy atom. The van der Waals surface area contributed by atoms with Gasteiger partial charge in [0.1, 0.15) is 17.8 Å². The fourth-order valence-electron chi connectivity index (χ4n) is 3.68. The van der Waals surface area contributed by atoms with Gasteiger partial charge in [0.2, 0.25) is 0 Å². The summed E-state index contributed by atoms with van der Waals surface area (Å²) in [5.74, 6) is -0.323. The molecule has 0 bridgehead atoms. The van der Waals surface area contributed by atoms with Crippen molar-refractivity contribution in [1.29, 1.82) is 0 Å². The van der Waals surface area contributed by atoms with Gasteiger partial charge in [-0.2, -0.15) is 0 Å². The number of hydrogen-bond acceptors (Lipinski definition) is 6. The Balaban J connectivity index is 1.91. The van der Waals surface area contributed by atoms with Crippen LogP contribution in [0.2, 0.25) is 0 Å². The molecule has 2 heterocycles. The van der Waals surface area contributed by atoms with E-state index in [-0.39, 0.29) is 18.2 Å². The summed E-state index contributed by atoms with van der Waals surface area (Å²) in [6.45, 7) is 2.04. The molecule has 3 aromatic rings. The molecule has 1 aliphatic heterocycles. The first-order valence-electron chi connectivity index (χ1n) is 9.48. The maximum atomic E-state index is 13.6. The maximum Gasteiger partial charge on any atom is 0.269 e. The topological polar surface area (TPSA) is 97.6 Å². The van der Waals surface area contributed by atoms with Crippen LogP contribution in [0.5, 0.6) is 0 Å². The summed E-state index contributed by atoms with van der Waals surface area (Å²) in [7, 11) is 1.54. The molecule has 9 heteroatoms. The number of nitrogens with zero attached hydrogens (tertiary/aromatic N) is 3. The number of non-ortho nitro benzene ring substituents is 1. The van der Waals surface area contributed by atoms with Crippen molar-refractivity contribution in [2.24, 2.45) is 0 Å². The van der Waals surface area contributed by atoms with Gasteiger partial charge in [-0.25, -0.2) is 9.37 Å². The number of halogens is 1. The van der Waals surface area contributed by atoms with Crippen LogP contribution in [0, 0.1) is 22.9 Å². The number of nitro groups is 1. The van der Waals surface area contributed by atoms with Gasteiger partial charge >= 0.3 is 0 Å². The minimum atomic E-state index is -0.698. The summed E-state index contributed by atoms with van der Waals surface area (Å²) in [5.41, 5.74) is 2.90. The summed E-state index contributed by atoms with van der Waals surface area (Å²) in [4.78, 5) is 30.0. The number of pyridine rings is 1. The van der Waals surface area contributed by atoms with E-state index in [0.29, 0.717) is 33.9 Å². The van der Waals surface area contributed by atoms with Gasteiger partial charge in [-0.1, -0.05) is 0 Å². The number of ether oxygens (including phenoxy) is 1. The number of methoxy groups -OCH3 is 1. The lowest BCUT2D eigenvalue weighted by Crippen LogP contribution is -2.45. The average Bonchev–Trinajstić information content (AvgIpc) is 2.74. The molecule has 0 saturated carbocycles. The third-order valence-electron chi connectivity index (χ3n) is 5.02. The Labute approximate surface area is 177 Å². The van der Waals surface area contributed by atoms with E-state index in [1.807, 2.05) is 6.92 Å². The normalized spacial score (nSPS) is 15.4. The zero-order chi connectivity index (χ0) is 22.1. The first-order valence-corrected chi connectivity index (χ1v) is 9.48.